The first kappa shape index (κ1) is 26.3. The summed E-state index contributed by atoms with van der Waals surface area (Å²) in [5, 5.41) is 10.9. The molecule has 192 valence electrons. The Kier molecular flexibility index (Phi) is 7.51. The molecule has 38 heavy (non-hydrogen) atoms. The molecule has 5 nitrogen and oxygen atoms in total. The van der Waals surface area contributed by atoms with Crippen LogP contribution in [-0.4, -0.2) is 5.78 Å². The molecule has 3 aromatic carbocycles. The molecule has 1 unspecified atom stereocenters. The number of allylic oxidation sites excluding steroid dienone is 3. The van der Waals surface area contributed by atoms with E-state index in [0.717, 1.165) is 50.1 Å². The van der Waals surface area contributed by atoms with Gasteiger partial charge >= 0.3 is 0 Å². The van der Waals surface area contributed by atoms with Gasteiger partial charge in [0.25, 0.3) is 0 Å². The molecule has 2 aliphatic rings. The highest BCUT2D eigenvalue weighted by molar-refractivity contribution is 14.1. The number of halogens is 2. The van der Waals surface area contributed by atoms with Gasteiger partial charge in [-0.1, -0.05) is 35.9 Å². The molecule has 3 aromatic rings. The van der Waals surface area contributed by atoms with Gasteiger partial charge in [0.15, 0.2) is 5.78 Å². The van der Waals surface area contributed by atoms with Gasteiger partial charge in [0.2, 0.25) is 0 Å². The van der Waals surface area contributed by atoms with Crippen LogP contribution in [0.4, 0.5) is 5.69 Å². The lowest BCUT2D eigenvalue weighted by molar-refractivity contribution is -0.116. The van der Waals surface area contributed by atoms with E-state index >= 15 is 0 Å². The fourth-order valence-corrected chi connectivity index (χ4v) is 5.93. The van der Waals surface area contributed by atoms with E-state index in [4.69, 9.17) is 22.1 Å². The first-order valence-corrected chi connectivity index (χ1v) is 13.9. The number of ketones is 1. The second-order valence-electron chi connectivity index (χ2n) is 9.65. The number of rotatable bonds is 5. The van der Waals surface area contributed by atoms with Gasteiger partial charge in [-0.2, -0.15) is 5.26 Å². The summed E-state index contributed by atoms with van der Waals surface area (Å²) in [4.78, 5) is 15.4. The van der Waals surface area contributed by atoms with E-state index in [1.807, 2.05) is 61.2 Å². The van der Waals surface area contributed by atoms with Crippen molar-refractivity contribution in [1.29, 1.82) is 5.26 Å². The average molecular weight is 636 g/mol. The standard InChI is InChI=1S/C31H27ClIN3O2/c1-18-14-19(2)23(15-20(18)17-38-28-9-4-3-6-25(28)32)29-24(16-34)31(35)36(22-12-10-21(33)11-13-22)26-7-5-8-27(37)30(26)29/h3-4,6,9-15,29H,5,7-8,17,35H2,1-2H3. The first-order valence-electron chi connectivity index (χ1n) is 12.5. The summed E-state index contributed by atoms with van der Waals surface area (Å²) in [6, 6.07) is 21.9. The third kappa shape index (κ3) is 4.81. The summed E-state index contributed by atoms with van der Waals surface area (Å²) in [6.45, 7) is 4.36. The van der Waals surface area contributed by atoms with Crippen molar-refractivity contribution in [1.82, 2.24) is 0 Å². The lowest BCUT2D eigenvalue weighted by Crippen LogP contribution is -2.39. The maximum Gasteiger partial charge on any atom is 0.161 e. The number of nitrogens with two attached hydrogens (primary N) is 1. The zero-order chi connectivity index (χ0) is 27.0. The molecule has 0 radical (unpaired) electrons. The molecular formula is C31H27ClIN3O2. The van der Waals surface area contributed by atoms with Crippen LogP contribution in [0.25, 0.3) is 0 Å². The van der Waals surface area contributed by atoms with Crippen molar-refractivity contribution in [2.75, 3.05) is 4.90 Å². The van der Waals surface area contributed by atoms with E-state index in [2.05, 4.69) is 40.8 Å². The van der Waals surface area contributed by atoms with E-state index in [0.29, 0.717) is 40.8 Å². The van der Waals surface area contributed by atoms with Crippen LogP contribution < -0.4 is 15.4 Å². The Labute approximate surface area is 241 Å². The third-order valence-corrected chi connectivity index (χ3v) is 8.28. The Morgan fingerprint density at radius 3 is 2.55 bits per heavy atom. The second kappa shape index (κ2) is 10.8. The SMILES string of the molecule is Cc1cc(C)c(C2C(C#N)=C(N)N(c3ccc(I)cc3)C3=C2C(=O)CCC3)cc1COc1ccccc1Cl. The van der Waals surface area contributed by atoms with Gasteiger partial charge < -0.3 is 10.5 Å². The van der Waals surface area contributed by atoms with Crippen LogP contribution in [0, 0.1) is 28.7 Å². The number of ether oxygens (including phenoxy) is 1. The van der Waals surface area contributed by atoms with Crippen LogP contribution >= 0.6 is 34.2 Å². The van der Waals surface area contributed by atoms with Crippen molar-refractivity contribution in [3.05, 3.63) is 114 Å². The van der Waals surface area contributed by atoms with Gasteiger partial charge in [-0.05, 0) is 108 Å². The fourth-order valence-electron chi connectivity index (χ4n) is 5.38. The first-order chi connectivity index (χ1) is 18.3. The van der Waals surface area contributed by atoms with Gasteiger partial charge in [0, 0.05) is 26.9 Å². The normalized spacial score (nSPS) is 17.4. The maximum atomic E-state index is 13.5. The molecule has 1 aliphatic heterocycles. The van der Waals surface area contributed by atoms with E-state index in [1.54, 1.807) is 6.07 Å². The third-order valence-electron chi connectivity index (χ3n) is 7.25. The second-order valence-corrected chi connectivity index (χ2v) is 11.3. The number of nitriles is 1. The van der Waals surface area contributed by atoms with Crippen LogP contribution in [0.1, 0.15) is 47.4 Å². The molecule has 7 heteroatoms. The zero-order valence-corrected chi connectivity index (χ0v) is 24.1. The molecule has 2 N–H and O–H groups in total. The largest absolute Gasteiger partial charge is 0.487 e. The van der Waals surface area contributed by atoms with E-state index < -0.39 is 5.92 Å². The number of nitrogens with zero attached hydrogens (tertiary/aromatic N) is 2. The number of Topliss-reactive ketones (excluding diaryl/α,β-unsaturated/α-hetero) is 1. The zero-order valence-electron chi connectivity index (χ0n) is 21.2. The molecular weight excluding hydrogens is 609 g/mol. The van der Waals surface area contributed by atoms with Crippen molar-refractivity contribution in [3.63, 3.8) is 0 Å². The van der Waals surface area contributed by atoms with Crippen LogP contribution in [0.15, 0.2) is 83.3 Å². The number of hydrogen-bond acceptors (Lipinski definition) is 5. The predicted octanol–water partition coefficient (Wildman–Crippen LogP) is 7.45. The molecule has 5 rings (SSSR count). The molecule has 0 saturated heterocycles. The highest BCUT2D eigenvalue weighted by atomic mass is 127. The Morgan fingerprint density at radius 1 is 1.11 bits per heavy atom. The molecule has 0 bridgehead atoms. The van der Waals surface area contributed by atoms with Crippen molar-refractivity contribution in [2.45, 2.75) is 45.6 Å². The van der Waals surface area contributed by atoms with Crippen LogP contribution in [0.5, 0.6) is 5.75 Å². The number of carbonyl (C=O) groups is 1. The smallest absolute Gasteiger partial charge is 0.161 e. The Bertz CT molecular complexity index is 1540. The number of anilines is 1. The number of aryl methyl sites for hydroxylation is 2. The minimum Gasteiger partial charge on any atom is -0.487 e. The summed E-state index contributed by atoms with van der Waals surface area (Å²) in [5.41, 5.74) is 13.5. The van der Waals surface area contributed by atoms with E-state index in [9.17, 15) is 10.1 Å². The molecule has 1 aliphatic carbocycles. The van der Waals surface area contributed by atoms with Gasteiger partial charge in [-0.15, -0.1) is 0 Å². The molecule has 0 amide bonds. The van der Waals surface area contributed by atoms with Gasteiger partial charge in [-0.3, -0.25) is 9.69 Å². The maximum absolute atomic E-state index is 13.5. The number of para-hydroxylation sites is 1. The monoisotopic (exact) mass is 635 g/mol. The average Bonchev–Trinajstić information content (AvgIpc) is 2.89. The van der Waals surface area contributed by atoms with Crippen LogP contribution in [0.2, 0.25) is 5.02 Å². The quantitative estimate of drug-likeness (QED) is 0.295. The van der Waals surface area contributed by atoms with Crippen molar-refractivity contribution in [3.8, 4) is 11.8 Å². The highest BCUT2D eigenvalue weighted by Gasteiger charge is 2.41. The van der Waals surface area contributed by atoms with Gasteiger partial charge in [0.1, 0.15) is 18.2 Å². The van der Waals surface area contributed by atoms with Crippen molar-refractivity contribution >= 4 is 45.7 Å². The molecule has 1 atom stereocenters. The summed E-state index contributed by atoms with van der Waals surface area (Å²) < 4.78 is 7.15. The highest BCUT2D eigenvalue weighted by Crippen LogP contribution is 2.47. The molecule has 0 fully saturated rings. The van der Waals surface area contributed by atoms with E-state index in [1.165, 1.54) is 0 Å². The molecule has 1 heterocycles. The van der Waals surface area contributed by atoms with Gasteiger partial charge in [0.05, 0.1) is 22.6 Å². The molecule has 0 aromatic heterocycles. The lowest BCUT2D eigenvalue weighted by Gasteiger charge is -2.40. The summed E-state index contributed by atoms with van der Waals surface area (Å²) in [7, 11) is 0. The number of carbonyl (C=O) groups excluding carboxylic acids is 1. The Hall–Kier alpha value is -3.28. The summed E-state index contributed by atoms with van der Waals surface area (Å²) in [5.74, 6) is 0.528. The number of benzene rings is 3. The Balaban J connectivity index is 1.63. The molecule has 0 saturated carbocycles. The molecule has 0 spiro atoms. The topological polar surface area (TPSA) is 79.4 Å². The summed E-state index contributed by atoms with van der Waals surface area (Å²) in [6.07, 6.45) is 1.93. The Morgan fingerprint density at radius 2 is 1.84 bits per heavy atom. The van der Waals surface area contributed by atoms with Crippen LogP contribution in [0.3, 0.4) is 0 Å². The van der Waals surface area contributed by atoms with Crippen molar-refractivity contribution in [2.24, 2.45) is 5.73 Å². The minimum absolute atomic E-state index is 0.0702. The van der Waals surface area contributed by atoms with Crippen molar-refractivity contribution < 1.29 is 9.53 Å². The fraction of sp³-hybridized carbons (Fsp3) is 0.226. The summed E-state index contributed by atoms with van der Waals surface area (Å²) >= 11 is 8.56. The van der Waals surface area contributed by atoms with E-state index in [-0.39, 0.29) is 5.78 Å². The van der Waals surface area contributed by atoms with Crippen LogP contribution in [-0.2, 0) is 11.4 Å². The predicted molar refractivity (Wildman–Crippen MR) is 159 cm³/mol. The van der Waals surface area contributed by atoms with Gasteiger partial charge in [-0.25, -0.2) is 0 Å². The number of hydrogen-bond donors (Lipinski definition) is 1. The minimum atomic E-state index is -0.525. The lowest BCUT2D eigenvalue weighted by atomic mass is 9.74.